The van der Waals surface area contributed by atoms with Crippen molar-refractivity contribution < 1.29 is 14.7 Å². The fourth-order valence-electron chi connectivity index (χ4n) is 1.55. The van der Waals surface area contributed by atoms with Gasteiger partial charge in [-0.05, 0) is 19.1 Å². The third kappa shape index (κ3) is 3.07. The highest BCUT2D eigenvalue weighted by atomic mass is 16.4. The highest BCUT2D eigenvalue weighted by Crippen LogP contribution is 2.15. The maximum absolute atomic E-state index is 11.8. The number of hydrogen-bond donors (Lipinski definition) is 4. The predicted molar refractivity (Wildman–Crippen MR) is 68.1 cm³/mol. The van der Waals surface area contributed by atoms with Gasteiger partial charge in [0.05, 0.1) is 17.3 Å². The van der Waals surface area contributed by atoms with Crippen LogP contribution in [-0.4, -0.2) is 37.7 Å². The molecule has 0 aliphatic rings. The van der Waals surface area contributed by atoms with E-state index in [1.807, 2.05) is 0 Å². The summed E-state index contributed by atoms with van der Waals surface area (Å²) in [4.78, 5) is 22.8. The molecule has 2 rings (SSSR count). The Morgan fingerprint density at radius 3 is 2.75 bits per heavy atom. The number of nitrogens with zero attached hydrogens (tertiary/aromatic N) is 3. The van der Waals surface area contributed by atoms with Crippen LogP contribution >= 0.6 is 0 Å². The molecule has 0 spiro atoms. The molecule has 0 radical (unpaired) electrons. The maximum Gasteiger partial charge on any atom is 0.337 e. The predicted octanol–water partition coefficient (Wildman–Crippen LogP) is 0.781. The van der Waals surface area contributed by atoms with Gasteiger partial charge in [0.1, 0.15) is 0 Å². The molecule has 0 fully saturated rings. The highest BCUT2D eigenvalue weighted by Gasteiger charge is 2.15. The van der Waals surface area contributed by atoms with Crippen molar-refractivity contribution in [2.75, 3.05) is 5.32 Å². The number of benzene rings is 1. The first-order valence-corrected chi connectivity index (χ1v) is 5.71. The monoisotopic (exact) mass is 276 g/mol. The van der Waals surface area contributed by atoms with Crippen molar-refractivity contribution in [2.45, 2.75) is 13.0 Å². The summed E-state index contributed by atoms with van der Waals surface area (Å²) in [7, 11) is 0. The van der Waals surface area contributed by atoms with E-state index in [4.69, 9.17) is 5.11 Å². The number of rotatable bonds is 4. The zero-order valence-electron chi connectivity index (χ0n) is 10.5. The van der Waals surface area contributed by atoms with Gasteiger partial charge in [0, 0.05) is 0 Å². The first-order valence-electron chi connectivity index (χ1n) is 5.71. The van der Waals surface area contributed by atoms with Gasteiger partial charge in [0.15, 0.2) is 5.82 Å². The molecule has 0 aliphatic heterocycles. The third-order valence-electron chi connectivity index (χ3n) is 2.50. The largest absolute Gasteiger partial charge is 0.478 e. The third-order valence-corrected chi connectivity index (χ3v) is 2.50. The molecule has 1 heterocycles. The average molecular weight is 276 g/mol. The van der Waals surface area contributed by atoms with Gasteiger partial charge in [-0.3, -0.25) is 0 Å². The molecule has 0 bridgehead atoms. The summed E-state index contributed by atoms with van der Waals surface area (Å²) in [5.74, 6) is -0.793. The van der Waals surface area contributed by atoms with Crippen molar-refractivity contribution in [3.8, 4) is 0 Å². The number of anilines is 1. The van der Waals surface area contributed by atoms with Gasteiger partial charge < -0.3 is 15.7 Å². The highest BCUT2D eigenvalue weighted by molar-refractivity contribution is 5.99. The van der Waals surface area contributed by atoms with E-state index >= 15 is 0 Å². The minimum Gasteiger partial charge on any atom is -0.478 e. The summed E-state index contributed by atoms with van der Waals surface area (Å²) in [6.07, 6.45) is 0. The standard InChI is InChI=1S/C11H12N6O3/c1-6(9-14-16-17-15-9)12-11(20)13-8-5-3-2-4-7(8)10(18)19/h2-6H,1H3,(H,18,19)(H2,12,13,20)(H,14,15,16,17). The van der Waals surface area contributed by atoms with Gasteiger partial charge >= 0.3 is 12.0 Å². The van der Waals surface area contributed by atoms with Crippen LogP contribution in [0, 0.1) is 0 Å². The summed E-state index contributed by atoms with van der Waals surface area (Å²) in [6.45, 7) is 1.67. The van der Waals surface area contributed by atoms with Crippen LogP contribution in [0.1, 0.15) is 29.1 Å². The normalized spacial score (nSPS) is 11.7. The Morgan fingerprint density at radius 2 is 2.10 bits per heavy atom. The molecule has 9 heteroatoms. The molecule has 20 heavy (non-hydrogen) atoms. The van der Waals surface area contributed by atoms with Crippen LogP contribution in [0.5, 0.6) is 0 Å². The van der Waals surface area contributed by atoms with Crippen LogP contribution in [0.4, 0.5) is 10.5 Å². The Bertz CT molecular complexity index is 612. The lowest BCUT2D eigenvalue weighted by molar-refractivity contribution is 0.0698. The van der Waals surface area contributed by atoms with E-state index in [9.17, 15) is 9.59 Å². The van der Waals surface area contributed by atoms with Crippen LogP contribution in [0.15, 0.2) is 24.3 Å². The van der Waals surface area contributed by atoms with Gasteiger partial charge in [0.2, 0.25) is 0 Å². The molecular weight excluding hydrogens is 264 g/mol. The second-order valence-corrected chi connectivity index (χ2v) is 3.94. The van der Waals surface area contributed by atoms with Crippen LogP contribution in [-0.2, 0) is 0 Å². The maximum atomic E-state index is 11.8. The van der Waals surface area contributed by atoms with E-state index in [1.165, 1.54) is 12.1 Å². The number of urea groups is 1. The molecule has 1 unspecified atom stereocenters. The Morgan fingerprint density at radius 1 is 1.35 bits per heavy atom. The first kappa shape index (κ1) is 13.5. The van der Waals surface area contributed by atoms with Crippen molar-refractivity contribution in [1.29, 1.82) is 0 Å². The van der Waals surface area contributed by atoms with E-state index in [1.54, 1.807) is 19.1 Å². The number of aromatic amines is 1. The number of hydrogen-bond acceptors (Lipinski definition) is 5. The van der Waals surface area contributed by atoms with Crippen molar-refractivity contribution in [3.05, 3.63) is 35.7 Å². The van der Waals surface area contributed by atoms with E-state index < -0.39 is 18.0 Å². The molecule has 2 aromatic rings. The molecule has 1 aromatic heterocycles. The number of nitrogens with one attached hydrogen (secondary N) is 3. The fraction of sp³-hybridized carbons (Fsp3) is 0.182. The van der Waals surface area contributed by atoms with Crippen molar-refractivity contribution in [3.63, 3.8) is 0 Å². The minimum absolute atomic E-state index is 0.00913. The number of carbonyl (C=O) groups excluding carboxylic acids is 1. The number of H-pyrrole nitrogens is 1. The molecule has 1 atom stereocenters. The second kappa shape index (κ2) is 5.78. The Balaban J connectivity index is 2.03. The van der Waals surface area contributed by atoms with Gasteiger partial charge in [-0.25, -0.2) is 9.59 Å². The molecule has 2 amide bonds. The number of amides is 2. The van der Waals surface area contributed by atoms with Crippen molar-refractivity contribution >= 4 is 17.7 Å². The number of para-hydroxylation sites is 1. The first-order chi connectivity index (χ1) is 9.58. The molecular formula is C11H12N6O3. The van der Waals surface area contributed by atoms with Gasteiger partial charge in [-0.2, -0.15) is 5.21 Å². The summed E-state index contributed by atoms with van der Waals surface area (Å²) in [5, 5.41) is 27.2. The zero-order valence-corrected chi connectivity index (χ0v) is 10.5. The fourth-order valence-corrected chi connectivity index (χ4v) is 1.55. The Hall–Kier alpha value is -2.97. The second-order valence-electron chi connectivity index (χ2n) is 3.94. The van der Waals surface area contributed by atoms with Crippen LogP contribution < -0.4 is 10.6 Å². The smallest absolute Gasteiger partial charge is 0.337 e. The van der Waals surface area contributed by atoms with Crippen LogP contribution in [0.2, 0.25) is 0 Å². The molecule has 0 aliphatic carbocycles. The zero-order chi connectivity index (χ0) is 14.5. The van der Waals surface area contributed by atoms with Gasteiger partial charge in [-0.1, -0.05) is 17.3 Å². The number of carbonyl (C=O) groups is 2. The Kier molecular flexibility index (Phi) is 3.89. The topological polar surface area (TPSA) is 133 Å². The molecule has 104 valence electrons. The van der Waals surface area contributed by atoms with Gasteiger partial charge in [0.25, 0.3) is 0 Å². The van der Waals surface area contributed by atoms with E-state index in [2.05, 4.69) is 31.3 Å². The summed E-state index contributed by atoms with van der Waals surface area (Å²) < 4.78 is 0. The number of tetrazole rings is 1. The molecule has 9 nitrogen and oxygen atoms in total. The van der Waals surface area contributed by atoms with Crippen molar-refractivity contribution in [1.82, 2.24) is 25.9 Å². The lowest BCUT2D eigenvalue weighted by Crippen LogP contribution is -2.32. The van der Waals surface area contributed by atoms with Crippen molar-refractivity contribution in [2.24, 2.45) is 0 Å². The SMILES string of the molecule is CC(NC(=O)Nc1ccccc1C(=O)O)c1nn[nH]n1. The molecule has 0 saturated heterocycles. The summed E-state index contributed by atoms with van der Waals surface area (Å²) in [5.41, 5.74) is 0.215. The lowest BCUT2D eigenvalue weighted by atomic mass is 10.2. The summed E-state index contributed by atoms with van der Waals surface area (Å²) >= 11 is 0. The number of aromatic carboxylic acids is 1. The van der Waals surface area contributed by atoms with Gasteiger partial charge in [-0.15, -0.1) is 10.2 Å². The quantitative estimate of drug-likeness (QED) is 0.652. The molecule has 1 aromatic carbocycles. The summed E-state index contributed by atoms with van der Waals surface area (Å²) in [6, 6.07) is 5.09. The van der Waals surface area contributed by atoms with Crippen LogP contribution in [0.3, 0.4) is 0 Å². The van der Waals surface area contributed by atoms with E-state index in [-0.39, 0.29) is 11.3 Å². The number of carboxylic acid groups (broad SMARTS) is 1. The van der Waals surface area contributed by atoms with E-state index in [0.29, 0.717) is 5.82 Å². The lowest BCUT2D eigenvalue weighted by Gasteiger charge is -2.12. The minimum atomic E-state index is -1.12. The van der Waals surface area contributed by atoms with E-state index in [0.717, 1.165) is 0 Å². The average Bonchev–Trinajstić information content (AvgIpc) is 2.92. The Labute approximate surface area is 113 Å². The molecule has 4 N–H and O–H groups in total. The van der Waals surface area contributed by atoms with Crippen LogP contribution in [0.25, 0.3) is 0 Å². The molecule has 0 saturated carbocycles. The number of aromatic nitrogens is 4. The number of carboxylic acids is 1.